The average Bonchev–Trinajstić information content (AvgIpc) is 2.48. The lowest BCUT2D eigenvalue weighted by molar-refractivity contribution is 0.415. The first-order chi connectivity index (χ1) is 9.65. The minimum Gasteiger partial charge on any atom is -0.497 e. The Kier molecular flexibility index (Phi) is 4.88. The van der Waals surface area contributed by atoms with Gasteiger partial charge in [-0.05, 0) is 42.8 Å². The summed E-state index contributed by atoms with van der Waals surface area (Å²) in [7, 11) is 3.68. The molecule has 0 aliphatic carbocycles. The van der Waals surface area contributed by atoms with E-state index in [4.69, 9.17) is 22.1 Å². The number of hydrogen-bond acceptors (Lipinski definition) is 3. The van der Waals surface area contributed by atoms with Gasteiger partial charge in [0.15, 0.2) is 0 Å². The molecule has 2 rings (SSSR count). The Morgan fingerprint density at radius 3 is 2.70 bits per heavy atom. The molecule has 2 aromatic rings. The Morgan fingerprint density at radius 2 is 2.00 bits per heavy atom. The van der Waals surface area contributed by atoms with Crippen molar-refractivity contribution in [1.82, 2.24) is 0 Å². The molecule has 106 valence electrons. The molecule has 0 aliphatic rings. The summed E-state index contributed by atoms with van der Waals surface area (Å²) < 4.78 is 5.27. The minimum absolute atomic E-state index is 0.612. The Hall–Kier alpha value is -1.71. The lowest BCUT2D eigenvalue weighted by Crippen LogP contribution is -2.13. The summed E-state index contributed by atoms with van der Waals surface area (Å²) in [6.07, 6.45) is 0.820. The smallest absolute Gasteiger partial charge is 0.120 e. The zero-order chi connectivity index (χ0) is 14.5. The van der Waals surface area contributed by atoms with Crippen LogP contribution in [0, 0.1) is 0 Å². The molecule has 0 atom stereocenters. The average molecular weight is 291 g/mol. The Bertz CT molecular complexity index is 586. The van der Waals surface area contributed by atoms with Gasteiger partial charge in [-0.1, -0.05) is 23.7 Å². The molecule has 4 heteroatoms. The van der Waals surface area contributed by atoms with E-state index in [2.05, 4.69) is 4.90 Å². The van der Waals surface area contributed by atoms with Crippen molar-refractivity contribution in [2.45, 2.75) is 6.42 Å². The highest BCUT2D eigenvalue weighted by Gasteiger charge is 2.10. The quantitative estimate of drug-likeness (QED) is 0.914. The standard InChI is InChI=1S/C16H19ClN2O/c1-19(14-4-3-5-15(11-14)20-2)16-10-13(17)7-6-12(16)8-9-18/h3-7,10-11H,8-9,18H2,1-2H3. The maximum Gasteiger partial charge on any atom is 0.120 e. The van der Waals surface area contributed by atoms with Gasteiger partial charge in [-0.25, -0.2) is 0 Å². The Morgan fingerprint density at radius 1 is 1.20 bits per heavy atom. The topological polar surface area (TPSA) is 38.5 Å². The monoisotopic (exact) mass is 290 g/mol. The summed E-state index contributed by atoms with van der Waals surface area (Å²) in [6, 6.07) is 13.8. The second-order valence-corrected chi connectivity index (χ2v) is 5.01. The van der Waals surface area contributed by atoms with Gasteiger partial charge in [0.2, 0.25) is 0 Å². The molecule has 20 heavy (non-hydrogen) atoms. The highest BCUT2D eigenvalue weighted by atomic mass is 35.5. The van der Waals surface area contributed by atoms with Crippen molar-refractivity contribution < 1.29 is 4.74 Å². The minimum atomic E-state index is 0.612. The molecule has 0 bridgehead atoms. The van der Waals surface area contributed by atoms with Gasteiger partial charge < -0.3 is 15.4 Å². The van der Waals surface area contributed by atoms with E-state index in [0.29, 0.717) is 6.54 Å². The van der Waals surface area contributed by atoms with Crippen LogP contribution in [0.2, 0.25) is 5.02 Å². The van der Waals surface area contributed by atoms with Crippen LogP contribution in [0.1, 0.15) is 5.56 Å². The van der Waals surface area contributed by atoms with Crippen molar-refractivity contribution in [1.29, 1.82) is 0 Å². The second kappa shape index (κ2) is 6.64. The molecular weight excluding hydrogens is 272 g/mol. The van der Waals surface area contributed by atoms with Gasteiger partial charge in [-0.15, -0.1) is 0 Å². The van der Waals surface area contributed by atoms with E-state index < -0.39 is 0 Å². The first-order valence-electron chi connectivity index (χ1n) is 6.52. The number of halogens is 1. The van der Waals surface area contributed by atoms with E-state index in [-0.39, 0.29) is 0 Å². The second-order valence-electron chi connectivity index (χ2n) is 4.57. The Balaban J connectivity index is 2.40. The summed E-state index contributed by atoms with van der Waals surface area (Å²) >= 11 is 6.12. The number of rotatable bonds is 5. The number of benzene rings is 2. The van der Waals surface area contributed by atoms with Crippen LogP contribution in [-0.4, -0.2) is 20.7 Å². The predicted octanol–water partition coefficient (Wildman–Crippen LogP) is 3.62. The molecule has 0 heterocycles. The summed E-state index contributed by atoms with van der Waals surface area (Å²) in [5.41, 5.74) is 8.98. The molecule has 2 N–H and O–H groups in total. The first kappa shape index (κ1) is 14.7. The molecule has 0 radical (unpaired) electrons. The van der Waals surface area contributed by atoms with Crippen molar-refractivity contribution in [3.63, 3.8) is 0 Å². The molecule has 0 saturated heterocycles. The van der Waals surface area contributed by atoms with Crippen LogP contribution < -0.4 is 15.4 Å². The van der Waals surface area contributed by atoms with Gasteiger partial charge in [-0.3, -0.25) is 0 Å². The summed E-state index contributed by atoms with van der Waals surface area (Å²) in [6.45, 7) is 0.612. The van der Waals surface area contributed by atoms with E-state index in [1.807, 2.05) is 49.5 Å². The first-order valence-corrected chi connectivity index (χ1v) is 6.89. The highest BCUT2D eigenvalue weighted by molar-refractivity contribution is 6.30. The van der Waals surface area contributed by atoms with Gasteiger partial charge in [0.05, 0.1) is 7.11 Å². The van der Waals surface area contributed by atoms with Crippen LogP contribution in [0.25, 0.3) is 0 Å². The highest BCUT2D eigenvalue weighted by Crippen LogP contribution is 2.31. The van der Waals surface area contributed by atoms with Gasteiger partial charge in [-0.2, -0.15) is 0 Å². The van der Waals surface area contributed by atoms with Crippen LogP contribution >= 0.6 is 11.6 Å². The molecule has 0 aliphatic heterocycles. The maximum atomic E-state index is 6.12. The normalized spacial score (nSPS) is 10.4. The van der Waals surface area contributed by atoms with Crippen molar-refractivity contribution in [3.8, 4) is 5.75 Å². The number of nitrogens with zero attached hydrogens (tertiary/aromatic N) is 1. The number of methoxy groups -OCH3 is 1. The van der Waals surface area contributed by atoms with Crippen molar-refractivity contribution >= 4 is 23.0 Å². The van der Waals surface area contributed by atoms with Crippen LogP contribution in [0.4, 0.5) is 11.4 Å². The van der Waals surface area contributed by atoms with E-state index in [0.717, 1.165) is 28.6 Å². The Labute approximate surface area is 124 Å². The fourth-order valence-electron chi connectivity index (χ4n) is 2.17. The molecule has 2 aromatic carbocycles. The SMILES string of the molecule is COc1cccc(N(C)c2cc(Cl)ccc2CCN)c1. The third-order valence-corrected chi connectivity index (χ3v) is 3.50. The number of anilines is 2. The van der Waals surface area contributed by atoms with E-state index in [1.165, 1.54) is 5.56 Å². The molecule has 0 unspecified atom stereocenters. The van der Waals surface area contributed by atoms with Crippen molar-refractivity contribution in [2.75, 3.05) is 25.6 Å². The fourth-order valence-corrected chi connectivity index (χ4v) is 2.34. The molecule has 0 aromatic heterocycles. The van der Waals surface area contributed by atoms with Crippen LogP contribution in [-0.2, 0) is 6.42 Å². The van der Waals surface area contributed by atoms with Gasteiger partial charge in [0.1, 0.15) is 5.75 Å². The number of nitrogens with two attached hydrogens (primary N) is 1. The van der Waals surface area contributed by atoms with E-state index in [9.17, 15) is 0 Å². The lowest BCUT2D eigenvalue weighted by Gasteiger charge is -2.23. The van der Waals surface area contributed by atoms with Gasteiger partial charge in [0, 0.05) is 29.5 Å². The summed E-state index contributed by atoms with van der Waals surface area (Å²) in [4.78, 5) is 2.10. The van der Waals surface area contributed by atoms with Crippen molar-refractivity contribution in [3.05, 3.63) is 53.1 Å². The lowest BCUT2D eigenvalue weighted by atomic mass is 10.1. The molecule has 0 saturated carbocycles. The maximum absolute atomic E-state index is 6.12. The van der Waals surface area contributed by atoms with Gasteiger partial charge >= 0.3 is 0 Å². The third kappa shape index (κ3) is 3.24. The summed E-state index contributed by atoms with van der Waals surface area (Å²) in [5.74, 6) is 0.830. The molecule has 0 spiro atoms. The molecule has 3 nitrogen and oxygen atoms in total. The fraction of sp³-hybridized carbons (Fsp3) is 0.250. The third-order valence-electron chi connectivity index (χ3n) is 3.26. The predicted molar refractivity (Wildman–Crippen MR) is 85.3 cm³/mol. The molecular formula is C16H19ClN2O. The summed E-state index contributed by atoms with van der Waals surface area (Å²) in [5, 5.41) is 0.718. The largest absolute Gasteiger partial charge is 0.497 e. The molecule has 0 fully saturated rings. The zero-order valence-corrected chi connectivity index (χ0v) is 12.5. The zero-order valence-electron chi connectivity index (χ0n) is 11.8. The number of ether oxygens (including phenoxy) is 1. The number of hydrogen-bond donors (Lipinski definition) is 1. The van der Waals surface area contributed by atoms with Crippen LogP contribution in [0.3, 0.4) is 0 Å². The molecule has 0 amide bonds. The van der Waals surface area contributed by atoms with Crippen LogP contribution in [0.15, 0.2) is 42.5 Å². The van der Waals surface area contributed by atoms with Crippen LogP contribution in [0.5, 0.6) is 5.75 Å². The van der Waals surface area contributed by atoms with E-state index >= 15 is 0 Å². The van der Waals surface area contributed by atoms with E-state index in [1.54, 1.807) is 7.11 Å². The van der Waals surface area contributed by atoms with Gasteiger partial charge in [0.25, 0.3) is 0 Å². The van der Waals surface area contributed by atoms with Crippen molar-refractivity contribution in [2.24, 2.45) is 5.73 Å².